The van der Waals surface area contributed by atoms with Gasteiger partial charge in [-0.3, -0.25) is 0 Å². The molecule has 8 heteroatoms. The third-order valence-electron chi connectivity index (χ3n) is 10.0. The lowest BCUT2D eigenvalue weighted by molar-refractivity contribution is -0.345. The number of methoxy groups -OCH3 is 1. The van der Waals surface area contributed by atoms with Crippen LogP contribution in [-0.2, 0) is 65.2 Å². The van der Waals surface area contributed by atoms with Gasteiger partial charge in [-0.15, -0.1) is 0 Å². The maximum absolute atomic E-state index is 14.1. The van der Waals surface area contributed by atoms with E-state index in [4.69, 9.17) is 33.2 Å². The van der Waals surface area contributed by atoms with Crippen LogP contribution in [-0.4, -0.2) is 50.2 Å². The molecular weight excluding hydrogens is 668 g/mol. The molecule has 0 radical (unpaired) electrons. The highest BCUT2D eigenvalue weighted by molar-refractivity contribution is 5.81. The number of fused-ring (bicyclic) bond motifs is 2. The average Bonchev–Trinajstić information content (AvgIpc) is 3.57. The summed E-state index contributed by atoms with van der Waals surface area (Å²) in [7, 11) is 1.35. The maximum Gasteiger partial charge on any atom is 0.343 e. The first-order chi connectivity index (χ1) is 25.9. The fourth-order valence-corrected chi connectivity index (χ4v) is 7.23. The predicted molar refractivity (Wildman–Crippen MR) is 200 cm³/mol. The van der Waals surface area contributed by atoms with Gasteiger partial charge < -0.3 is 33.2 Å². The quantitative estimate of drug-likeness (QED) is 0.101. The number of hydrogen-bond acceptors (Lipinski definition) is 8. The van der Waals surface area contributed by atoms with Crippen LogP contribution in [0.2, 0.25) is 0 Å². The number of hydrogen-bond donors (Lipinski definition) is 0. The summed E-state index contributed by atoms with van der Waals surface area (Å²) in [4.78, 5) is 14.1. The number of ether oxygens (including phenoxy) is 7. The highest BCUT2D eigenvalue weighted by Gasteiger charge is 2.73. The molecule has 0 aliphatic carbocycles. The van der Waals surface area contributed by atoms with Gasteiger partial charge in [-0.05, 0) is 71.8 Å². The Morgan fingerprint density at radius 2 is 1.26 bits per heavy atom. The standard InChI is InChI=1S/C45H46O8/c1-4-48-39-24-21-33(22-25-39)26-37-27-38(23-20-32(37)2)45-42(51-30-36-18-12-7-13-19-36)40(49-28-34-14-8-5-9-15-34)41(50-29-35-16-10-6-11-17-35)44(53-45,31-52-45)43(46)47-3/h5-25,27,40-42H,4,26,28-31H2,1-3H3/t40-,41-,42+,44-,45-/m0/s1. The monoisotopic (exact) mass is 714 g/mol. The Labute approximate surface area is 311 Å². The van der Waals surface area contributed by atoms with Crippen molar-refractivity contribution >= 4 is 5.97 Å². The van der Waals surface area contributed by atoms with Crippen molar-refractivity contribution in [3.63, 3.8) is 0 Å². The van der Waals surface area contributed by atoms with E-state index >= 15 is 0 Å². The molecule has 2 fully saturated rings. The number of benzene rings is 5. The minimum Gasteiger partial charge on any atom is -0.494 e. The Morgan fingerprint density at radius 3 is 1.83 bits per heavy atom. The Morgan fingerprint density at radius 1 is 0.698 bits per heavy atom. The van der Waals surface area contributed by atoms with E-state index < -0.39 is 35.7 Å². The van der Waals surface area contributed by atoms with Crippen LogP contribution in [0.3, 0.4) is 0 Å². The van der Waals surface area contributed by atoms with Crippen LogP contribution >= 0.6 is 0 Å². The third kappa shape index (κ3) is 7.79. The minimum atomic E-state index is -1.66. The van der Waals surface area contributed by atoms with Gasteiger partial charge in [0.15, 0.2) is 0 Å². The van der Waals surface area contributed by atoms with Crippen LogP contribution in [0.5, 0.6) is 5.75 Å². The molecule has 8 nitrogen and oxygen atoms in total. The first kappa shape index (κ1) is 36.5. The van der Waals surface area contributed by atoms with Crippen LogP contribution in [0.1, 0.15) is 45.9 Å². The zero-order chi connectivity index (χ0) is 36.7. The van der Waals surface area contributed by atoms with Gasteiger partial charge in [0.2, 0.25) is 11.4 Å². The topological polar surface area (TPSA) is 81.7 Å². The molecule has 2 aliphatic rings. The molecule has 5 atom stereocenters. The highest BCUT2D eigenvalue weighted by atomic mass is 16.8. The van der Waals surface area contributed by atoms with E-state index in [9.17, 15) is 4.79 Å². The Balaban J connectivity index is 1.32. The van der Waals surface area contributed by atoms with E-state index in [1.165, 1.54) is 7.11 Å². The van der Waals surface area contributed by atoms with Crippen molar-refractivity contribution in [1.29, 1.82) is 0 Å². The van der Waals surface area contributed by atoms with Crippen LogP contribution in [0, 0.1) is 6.92 Å². The lowest BCUT2D eigenvalue weighted by atomic mass is 9.82. The zero-order valence-electron chi connectivity index (χ0n) is 30.4. The fourth-order valence-electron chi connectivity index (χ4n) is 7.23. The van der Waals surface area contributed by atoms with E-state index in [0.29, 0.717) is 18.6 Å². The number of carbonyl (C=O) groups excluding carboxylic acids is 1. The normalized spacial score (nSPS) is 23.4. The summed E-state index contributed by atoms with van der Waals surface area (Å²) >= 11 is 0. The van der Waals surface area contributed by atoms with E-state index in [0.717, 1.165) is 39.1 Å². The van der Waals surface area contributed by atoms with Gasteiger partial charge in [-0.2, -0.15) is 0 Å². The molecule has 2 saturated heterocycles. The Kier molecular flexibility index (Phi) is 11.3. The molecule has 0 N–H and O–H groups in total. The van der Waals surface area contributed by atoms with Crippen LogP contribution in [0.4, 0.5) is 0 Å². The van der Waals surface area contributed by atoms with Gasteiger partial charge in [0, 0.05) is 5.56 Å². The lowest BCUT2D eigenvalue weighted by Gasteiger charge is -2.49. The minimum absolute atomic E-state index is 0.127. The highest BCUT2D eigenvalue weighted by Crippen LogP contribution is 2.53. The molecule has 53 heavy (non-hydrogen) atoms. The van der Waals surface area contributed by atoms with Crippen molar-refractivity contribution < 1.29 is 38.0 Å². The second-order valence-electron chi connectivity index (χ2n) is 13.5. The lowest BCUT2D eigenvalue weighted by Crippen LogP contribution is -2.69. The van der Waals surface area contributed by atoms with E-state index in [1.807, 2.05) is 116 Å². The van der Waals surface area contributed by atoms with Gasteiger partial charge in [-0.25, -0.2) is 4.79 Å². The second-order valence-corrected chi connectivity index (χ2v) is 13.5. The van der Waals surface area contributed by atoms with Gasteiger partial charge in [0.05, 0.1) is 40.1 Å². The maximum atomic E-state index is 14.1. The molecule has 2 heterocycles. The summed E-state index contributed by atoms with van der Waals surface area (Å²) in [6.07, 6.45) is -1.98. The Bertz CT molecular complexity index is 1930. The van der Waals surface area contributed by atoms with Crippen molar-refractivity contribution in [2.24, 2.45) is 0 Å². The number of aryl methyl sites for hydroxylation is 1. The van der Waals surface area contributed by atoms with Crippen molar-refractivity contribution in [2.45, 2.75) is 69.8 Å². The first-order valence-corrected chi connectivity index (χ1v) is 18.1. The van der Waals surface area contributed by atoms with Crippen LogP contribution < -0.4 is 4.74 Å². The molecule has 2 bridgehead atoms. The van der Waals surface area contributed by atoms with Gasteiger partial charge >= 0.3 is 5.97 Å². The van der Waals surface area contributed by atoms with Crippen molar-refractivity contribution in [1.82, 2.24) is 0 Å². The molecular formula is C45H46O8. The smallest absolute Gasteiger partial charge is 0.343 e. The van der Waals surface area contributed by atoms with Gasteiger partial charge in [-0.1, -0.05) is 115 Å². The van der Waals surface area contributed by atoms with E-state index in [-0.39, 0.29) is 26.4 Å². The average molecular weight is 715 g/mol. The molecule has 0 spiro atoms. The summed E-state index contributed by atoms with van der Waals surface area (Å²) < 4.78 is 45.5. The van der Waals surface area contributed by atoms with Gasteiger partial charge in [0.25, 0.3) is 0 Å². The zero-order valence-corrected chi connectivity index (χ0v) is 30.4. The number of carbonyl (C=O) groups is 1. The molecule has 2 aliphatic heterocycles. The summed E-state index contributed by atoms with van der Waals surface area (Å²) in [6, 6.07) is 43.9. The SMILES string of the molecule is CCOc1ccc(Cc2cc([C@]34OC[C@](C(=O)OC)(O3)[C@@H](OCc3ccccc3)[C@H](OCc3ccccc3)[C@H]4OCc3ccccc3)ccc2C)cc1. The third-order valence-corrected chi connectivity index (χ3v) is 10.0. The molecule has 5 aromatic rings. The van der Waals surface area contributed by atoms with E-state index in [1.54, 1.807) is 0 Å². The number of rotatable bonds is 15. The van der Waals surface area contributed by atoms with Crippen molar-refractivity contribution in [2.75, 3.05) is 20.3 Å². The largest absolute Gasteiger partial charge is 0.494 e. The van der Waals surface area contributed by atoms with E-state index in [2.05, 4.69) is 31.2 Å². The summed E-state index contributed by atoms with van der Waals surface area (Å²) in [5.41, 5.74) is 5.23. The second kappa shape index (κ2) is 16.5. The molecule has 274 valence electrons. The molecule has 5 aromatic carbocycles. The van der Waals surface area contributed by atoms with Crippen LogP contribution in [0.15, 0.2) is 133 Å². The van der Waals surface area contributed by atoms with Gasteiger partial charge in [0.1, 0.15) is 24.1 Å². The summed E-state index contributed by atoms with van der Waals surface area (Å²) in [5, 5.41) is 0. The molecule has 7 rings (SSSR count). The predicted octanol–water partition coefficient (Wildman–Crippen LogP) is 7.87. The molecule has 0 unspecified atom stereocenters. The van der Waals surface area contributed by atoms with Crippen molar-refractivity contribution in [3.05, 3.63) is 172 Å². The van der Waals surface area contributed by atoms with Crippen molar-refractivity contribution in [3.8, 4) is 5.75 Å². The summed E-state index contributed by atoms with van der Waals surface area (Å²) in [6.45, 7) is 5.23. The summed E-state index contributed by atoms with van der Waals surface area (Å²) in [5.74, 6) is -1.31. The Hall–Kier alpha value is -4.83. The number of esters is 1. The molecule has 0 amide bonds. The molecule has 0 saturated carbocycles. The fraction of sp³-hybridized carbons (Fsp3) is 0.311. The first-order valence-electron chi connectivity index (χ1n) is 18.1. The molecule has 0 aromatic heterocycles. The van der Waals surface area contributed by atoms with Crippen LogP contribution in [0.25, 0.3) is 0 Å².